The molecule has 0 aromatic rings. The summed E-state index contributed by atoms with van der Waals surface area (Å²) in [6.45, 7) is 8.19. The third-order valence-corrected chi connectivity index (χ3v) is 2.81. The second-order valence-corrected chi connectivity index (χ2v) is 4.18. The van der Waals surface area contributed by atoms with Crippen LogP contribution in [-0.2, 0) is 9.47 Å². The maximum absolute atomic E-state index is 6.04. The van der Waals surface area contributed by atoms with Crippen molar-refractivity contribution >= 4 is 0 Å². The highest BCUT2D eigenvalue weighted by molar-refractivity contribution is 4.67. The molecule has 1 aliphatic rings. The van der Waals surface area contributed by atoms with E-state index >= 15 is 0 Å². The average molecular weight is 215 g/mol. The maximum Gasteiger partial charge on any atom is 0.0700 e. The molecular formula is C12H25NO2. The maximum atomic E-state index is 6.04. The van der Waals surface area contributed by atoms with Crippen LogP contribution in [0, 0.1) is 0 Å². The first kappa shape index (κ1) is 12.9. The molecule has 0 radical (unpaired) electrons. The number of ether oxygens (including phenoxy) is 2. The number of nitrogens with one attached hydrogen (secondary N) is 1. The monoisotopic (exact) mass is 215 g/mol. The highest BCUT2D eigenvalue weighted by Crippen LogP contribution is 2.13. The number of hydrogen-bond acceptors (Lipinski definition) is 3. The van der Waals surface area contributed by atoms with Crippen LogP contribution in [0.1, 0.15) is 39.5 Å². The number of rotatable bonds is 7. The molecule has 0 amide bonds. The van der Waals surface area contributed by atoms with Gasteiger partial charge in [0.2, 0.25) is 0 Å². The summed E-state index contributed by atoms with van der Waals surface area (Å²) in [6, 6.07) is 0. The van der Waals surface area contributed by atoms with E-state index in [4.69, 9.17) is 9.47 Å². The normalized spacial score (nSPS) is 20.4. The first-order valence-electron chi connectivity index (χ1n) is 6.30. The van der Waals surface area contributed by atoms with Gasteiger partial charge in [-0.25, -0.2) is 0 Å². The molecule has 90 valence electrons. The molecule has 3 nitrogen and oxygen atoms in total. The van der Waals surface area contributed by atoms with Crippen LogP contribution in [0.3, 0.4) is 0 Å². The van der Waals surface area contributed by atoms with Gasteiger partial charge in [0.25, 0.3) is 0 Å². The highest BCUT2D eigenvalue weighted by Gasteiger charge is 2.18. The van der Waals surface area contributed by atoms with Gasteiger partial charge in [-0.1, -0.05) is 13.8 Å². The number of hydrogen-bond donors (Lipinski definition) is 1. The van der Waals surface area contributed by atoms with Gasteiger partial charge >= 0.3 is 0 Å². The summed E-state index contributed by atoms with van der Waals surface area (Å²) in [6.07, 6.45) is 5.20. The van der Waals surface area contributed by atoms with Crippen molar-refractivity contribution in [1.82, 2.24) is 5.32 Å². The lowest BCUT2D eigenvalue weighted by Gasteiger charge is -2.27. The van der Waals surface area contributed by atoms with Crippen molar-refractivity contribution in [2.24, 2.45) is 0 Å². The van der Waals surface area contributed by atoms with Crippen molar-refractivity contribution in [2.45, 2.75) is 51.7 Å². The van der Waals surface area contributed by atoms with Gasteiger partial charge < -0.3 is 14.8 Å². The predicted octanol–water partition coefficient (Wildman–Crippen LogP) is 1.96. The molecule has 3 heteroatoms. The van der Waals surface area contributed by atoms with Crippen LogP contribution in [-0.4, -0.2) is 38.5 Å². The van der Waals surface area contributed by atoms with Gasteiger partial charge in [0, 0.05) is 19.8 Å². The van der Waals surface area contributed by atoms with Crippen molar-refractivity contribution in [1.29, 1.82) is 0 Å². The van der Waals surface area contributed by atoms with Gasteiger partial charge in [-0.3, -0.25) is 0 Å². The third-order valence-electron chi connectivity index (χ3n) is 2.81. The molecule has 1 N–H and O–H groups in total. The van der Waals surface area contributed by atoms with E-state index in [9.17, 15) is 0 Å². The van der Waals surface area contributed by atoms with Gasteiger partial charge in [0.1, 0.15) is 0 Å². The quantitative estimate of drug-likeness (QED) is 0.659. The van der Waals surface area contributed by atoms with Crippen LogP contribution in [0.25, 0.3) is 0 Å². The van der Waals surface area contributed by atoms with Crippen molar-refractivity contribution in [3.63, 3.8) is 0 Å². The van der Waals surface area contributed by atoms with Crippen LogP contribution in [0.5, 0.6) is 0 Å². The Morgan fingerprint density at radius 3 is 2.67 bits per heavy atom. The molecule has 0 aromatic carbocycles. The minimum Gasteiger partial charge on any atom is -0.381 e. The van der Waals surface area contributed by atoms with Gasteiger partial charge in [0.05, 0.1) is 12.2 Å². The lowest BCUT2D eigenvalue weighted by molar-refractivity contribution is -0.0680. The van der Waals surface area contributed by atoms with Crippen LogP contribution in [0.2, 0.25) is 0 Å². The van der Waals surface area contributed by atoms with Crippen LogP contribution < -0.4 is 5.32 Å². The Hall–Kier alpha value is -0.120. The van der Waals surface area contributed by atoms with Gasteiger partial charge in [-0.15, -0.1) is 0 Å². The summed E-state index contributed by atoms with van der Waals surface area (Å²) in [5.41, 5.74) is 0. The molecular weight excluding hydrogens is 190 g/mol. The summed E-state index contributed by atoms with van der Waals surface area (Å²) in [7, 11) is 0. The zero-order valence-electron chi connectivity index (χ0n) is 10.1. The molecule has 1 unspecified atom stereocenters. The Kier molecular flexibility index (Phi) is 6.98. The molecule has 0 saturated carbocycles. The molecule has 1 saturated heterocycles. The van der Waals surface area contributed by atoms with E-state index < -0.39 is 0 Å². The van der Waals surface area contributed by atoms with E-state index in [0.717, 1.165) is 45.6 Å². The topological polar surface area (TPSA) is 30.5 Å². The minimum atomic E-state index is 0.375. The molecule has 0 spiro atoms. The predicted molar refractivity (Wildman–Crippen MR) is 62.2 cm³/mol. The summed E-state index contributed by atoms with van der Waals surface area (Å²) in [5, 5.41) is 3.42. The van der Waals surface area contributed by atoms with E-state index in [-0.39, 0.29) is 0 Å². The lowest BCUT2D eigenvalue weighted by Crippen LogP contribution is -2.34. The van der Waals surface area contributed by atoms with Gasteiger partial charge in [-0.05, 0) is 32.2 Å². The zero-order chi connectivity index (χ0) is 10.9. The molecule has 1 fully saturated rings. The van der Waals surface area contributed by atoms with Crippen LogP contribution in [0.15, 0.2) is 0 Å². The fourth-order valence-corrected chi connectivity index (χ4v) is 1.81. The van der Waals surface area contributed by atoms with Gasteiger partial charge in [-0.2, -0.15) is 0 Å². The van der Waals surface area contributed by atoms with Crippen molar-refractivity contribution in [3.05, 3.63) is 0 Å². The lowest BCUT2D eigenvalue weighted by atomic mass is 10.1. The fourth-order valence-electron chi connectivity index (χ4n) is 1.81. The summed E-state index contributed by atoms with van der Waals surface area (Å²) < 4.78 is 11.4. The van der Waals surface area contributed by atoms with E-state index in [0.29, 0.717) is 12.2 Å². The van der Waals surface area contributed by atoms with Gasteiger partial charge in [0.15, 0.2) is 0 Å². The molecule has 1 atom stereocenters. The Labute approximate surface area is 93.5 Å². The Bertz CT molecular complexity index is 147. The molecule has 1 rings (SSSR count). The fraction of sp³-hybridized carbons (Fsp3) is 1.00. The van der Waals surface area contributed by atoms with Crippen LogP contribution in [0.4, 0.5) is 0 Å². The molecule has 1 aliphatic heterocycles. The average Bonchev–Trinajstić information content (AvgIpc) is 2.29. The molecule has 0 aliphatic carbocycles. The standard InChI is InChI=1S/C12H25NO2/c1-3-7-13-10-11(4-2)15-12-5-8-14-9-6-12/h11-13H,3-10H2,1-2H3. The Balaban J connectivity index is 2.13. The Morgan fingerprint density at radius 2 is 2.07 bits per heavy atom. The summed E-state index contributed by atoms with van der Waals surface area (Å²) >= 11 is 0. The third kappa shape index (κ3) is 5.50. The molecule has 0 bridgehead atoms. The zero-order valence-corrected chi connectivity index (χ0v) is 10.1. The summed E-state index contributed by atoms with van der Waals surface area (Å²) in [5.74, 6) is 0. The molecule has 15 heavy (non-hydrogen) atoms. The highest BCUT2D eigenvalue weighted by atomic mass is 16.5. The molecule has 1 heterocycles. The van der Waals surface area contributed by atoms with Crippen LogP contribution >= 0.6 is 0 Å². The smallest absolute Gasteiger partial charge is 0.0700 e. The van der Waals surface area contributed by atoms with Crippen molar-refractivity contribution in [3.8, 4) is 0 Å². The first-order valence-corrected chi connectivity index (χ1v) is 6.30. The minimum absolute atomic E-state index is 0.375. The van der Waals surface area contributed by atoms with E-state index in [2.05, 4.69) is 19.2 Å². The molecule has 0 aromatic heterocycles. The van der Waals surface area contributed by atoms with E-state index in [1.54, 1.807) is 0 Å². The second-order valence-electron chi connectivity index (χ2n) is 4.18. The van der Waals surface area contributed by atoms with E-state index in [1.807, 2.05) is 0 Å². The van der Waals surface area contributed by atoms with Crippen molar-refractivity contribution < 1.29 is 9.47 Å². The Morgan fingerprint density at radius 1 is 1.33 bits per heavy atom. The second kappa shape index (κ2) is 8.08. The largest absolute Gasteiger partial charge is 0.381 e. The van der Waals surface area contributed by atoms with E-state index in [1.165, 1.54) is 6.42 Å². The van der Waals surface area contributed by atoms with Crippen molar-refractivity contribution in [2.75, 3.05) is 26.3 Å². The first-order chi connectivity index (χ1) is 7.36. The SMILES string of the molecule is CCCNCC(CC)OC1CCOCC1. The summed E-state index contributed by atoms with van der Waals surface area (Å²) in [4.78, 5) is 0.